The summed E-state index contributed by atoms with van der Waals surface area (Å²) >= 11 is 0. The molecule has 15 heavy (non-hydrogen) atoms. The van der Waals surface area contributed by atoms with Gasteiger partial charge in [-0.1, -0.05) is 69.9 Å². The van der Waals surface area contributed by atoms with Gasteiger partial charge in [-0.15, -0.1) is 0 Å². The van der Waals surface area contributed by atoms with Crippen molar-refractivity contribution in [3.63, 3.8) is 0 Å². The van der Waals surface area contributed by atoms with Gasteiger partial charge >= 0.3 is 0 Å². The minimum atomic E-state index is 0. The topological polar surface area (TPSA) is 0 Å². The van der Waals surface area contributed by atoms with Crippen LogP contribution in [0.5, 0.6) is 0 Å². The van der Waals surface area contributed by atoms with Crippen LogP contribution >= 0.6 is 0 Å². The van der Waals surface area contributed by atoms with Crippen LogP contribution in [0.25, 0.3) is 0 Å². The van der Waals surface area contributed by atoms with Crippen LogP contribution in [0.4, 0.5) is 0 Å². The molecule has 0 saturated heterocycles. The van der Waals surface area contributed by atoms with Gasteiger partial charge in [-0.3, -0.25) is 0 Å². The van der Waals surface area contributed by atoms with Crippen molar-refractivity contribution in [3.05, 3.63) is 35.9 Å². The van der Waals surface area contributed by atoms with Crippen LogP contribution in [0.15, 0.2) is 30.3 Å². The van der Waals surface area contributed by atoms with Crippen molar-refractivity contribution in [2.45, 2.75) is 52.4 Å². The molecule has 0 radical (unpaired) electrons. The first-order valence-electron chi connectivity index (χ1n) is 5.99. The maximum Gasteiger partial charge on any atom is -0.0276 e. The minimum Gasteiger partial charge on any atom is -0.0776 e. The summed E-state index contributed by atoms with van der Waals surface area (Å²) in [7, 11) is 0. The Balaban J connectivity index is 0.00000112. The van der Waals surface area contributed by atoms with Gasteiger partial charge in [-0.25, -0.2) is 0 Å². The van der Waals surface area contributed by atoms with E-state index in [0.29, 0.717) is 0 Å². The highest BCUT2D eigenvalue weighted by Crippen LogP contribution is 2.27. The molecule has 0 aromatic heterocycles. The molecule has 1 saturated carbocycles. The molecule has 1 aromatic rings. The summed E-state index contributed by atoms with van der Waals surface area (Å²) in [6.45, 7) is 0. The molecule has 1 fully saturated rings. The second-order valence-electron chi connectivity index (χ2n) is 4.53. The third-order valence-corrected chi connectivity index (χ3v) is 3.41. The van der Waals surface area contributed by atoms with Crippen molar-refractivity contribution in [1.82, 2.24) is 0 Å². The largest absolute Gasteiger partial charge is 0.0776 e. The third-order valence-electron chi connectivity index (χ3n) is 3.41. The van der Waals surface area contributed by atoms with Gasteiger partial charge in [-0.2, -0.15) is 0 Å². The molecule has 0 bridgehead atoms. The number of aryl methyl sites for hydroxylation is 1. The number of benzene rings is 1. The minimum absolute atomic E-state index is 0. The van der Waals surface area contributed by atoms with E-state index in [1.807, 2.05) is 0 Å². The van der Waals surface area contributed by atoms with E-state index in [0.717, 1.165) is 5.92 Å². The zero-order valence-electron chi connectivity index (χ0n) is 8.91. The monoisotopic (exact) mass is 204 g/mol. The lowest BCUT2D eigenvalue weighted by atomic mass is 9.85. The van der Waals surface area contributed by atoms with Crippen molar-refractivity contribution in [2.75, 3.05) is 0 Å². The Bertz CT molecular complexity index is 244. The highest BCUT2D eigenvalue weighted by Gasteiger charge is 2.12. The highest BCUT2D eigenvalue weighted by molar-refractivity contribution is 5.14. The molecule has 0 atom stereocenters. The first-order valence-corrected chi connectivity index (χ1v) is 5.99. The zero-order chi connectivity index (χ0) is 9.64. The van der Waals surface area contributed by atoms with Gasteiger partial charge < -0.3 is 0 Å². The molecule has 84 valence electrons. The fraction of sp³-hybridized carbons (Fsp3) is 0.600. The van der Waals surface area contributed by atoms with Crippen molar-refractivity contribution in [2.24, 2.45) is 5.92 Å². The Morgan fingerprint density at radius 2 is 1.60 bits per heavy atom. The van der Waals surface area contributed by atoms with E-state index >= 15 is 0 Å². The quantitative estimate of drug-likeness (QED) is 0.661. The van der Waals surface area contributed by atoms with Gasteiger partial charge in [0, 0.05) is 0 Å². The first-order chi connectivity index (χ1) is 6.95. The van der Waals surface area contributed by atoms with E-state index in [1.165, 1.54) is 50.5 Å². The standard InChI is InChI=1S/C14H20.CH4/c1-3-7-13(8-4-1)11-12-14-9-5-2-6-10-14;/h1,3-4,7-8,14H,2,5-6,9-12H2;1H4. The third kappa shape index (κ3) is 4.07. The highest BCUT2D eigenvalue weighted by atomic mass is 14.2. The Kier molecular flexibility index (Phi) is 5.45. The molecule has 0 heterocycles. The van der Waals surface area contributed by atoms with E-state index in [2.05, 4.69) is 30.3 Å². The van der Waals surface area contributed by atoms with E-state index in [4.69, 9.17) is 0 Å². The molecular weight excluding hydrogens is 180 g/mol. The summed E-state index contributed by atoms with van der Waals surface area (Å²) < 4.78 is 0. The Hall–Kier alpha value is -0.780. The second-order valence-corrected chi connectivity index (χ2v) is 4.53. The predicted octanol–water partition coefficient (Wildman–Crippen LogP) is 4.84. The predicted molar refractivity (Wildman–Crippen MR) is 68.1 cm³/mol. The molecule has 2 rings (SSSR count). The van der Waals surface area contributed by atoms with Crippen LogP contribution in [0.2, 0.25) is 0 Å². The maximum atomic E-state index is 2.25. The van der Waals surface area contributed by atoms with Crippen LogP contribution < -0.4 is 0 Å². The van der Waals surface area contributed by atoms with E-state index in [-0.39, 0.29) is 7.43 Å². The van der Waals surface area contributed by atoms with Gasteiger partial charge in [0.05, 0.1) is 0 Å². The summed E-state index contributed by atoms with van der Waals surface area (Å²) in [5.41, 5.74) is 1.51. The van der Waals surface area contributed by atoms with Crippen LogP contribution in [-0.4, -0.2) is 0 Å². The van der Waals surface area contributed by atoms with Crippen molar-refractivity contribution < 1.29 is 0 Å². The van der Waals surface area contributed by atoms with Crippen LogP contribution in [0, 0.1) is 5.92 Å². The molecule has 0 amide bonds. The van der Waals surface area contributed by atoms with Gasteiger partial charge in [0.1, 0.15) is 0 Å². The Morgan fingerprint density at radius 3 is 2.27 bits per heavy atom. The Morgan fingerprint density at radius 1 is 0.933 bits per heavy atom. The lowest BCUT2D eigenvalue weighted by molar-refractivity contribution is 0.339. The molecule has 0 nitrogen and oxygen atoms in total. The van der Waals surface area contributed by atoms with E-state index in [9.17, 15) is 0 Å². The van der Waals surface area contributed by atoms with Gasteiger partial charge in [0.15, 0.2) is 0 Å². The van der Waals surface area contributed by atoms with E-state index < -0.39 is 0 Å². The fourth-order valence-electron chi connectivity index (χ4n) is 2.49. The molecule has 0 heteroatoms. The summed E-state index contributed by atoms with van der Waals surface area (Å²) in [5.74, 6) is 1.02. The fourth-order valence-corrected chi connectivity index (χ4v) is 2.49. The number of hydrogen-bond donors (Lipinski definition) is 0. The molecular formula is C15H24. The average Bonchev–Trinajstić information content (AvgIpc) is 2.29. The summed E-state index contributed by atoms with van der Waals surface area (Å²) in [6.07, 6.45) is 10.1. The Labute approximate surface area is 94.7 Å². The van der Waals surface area contributed by atoms with Crippen molar-refractivity contribution in [3.8, 4) is 0 Å². The molecule has 1 aliphatic rings. The lowest BCUT2D eigenvalue weighted by Crippen LogP contribution is -2.07. The van der Waals surface area contributed by atoms with Gasteiger partial charge in [-0.05, 0) is 24.3 Å². The summed E-state index contributed by atoms with van der Waals surface area (Å²) in [6, 6.07) is 10.9. The first kappa shape index (κ1) is 12.3. The van der Waals surface area contributed by atoms with Gasteiger partial charge in [0.2, 0.25) is 0 Å². The molecule has 1 aliphatic carbocycles. The molecule has 0 spiro atoms. The SMILES string of the molecule is C.c1ccc(CCC2CCCCC2)cc1. The van der Waals surface area contributed by atoms with Crippen LogP contribution in [-0.2, 0) is 6.42 Å². The zero-order valence-corrected chi connectivity index (χ0v) is 8.91. The van der Waals surface area contributed by atoms with E-state index in [1.54, 1.807) is 0 Å². The molecule has 0 aliphatic heterocycles. The number of hydrogen-bond acceptors (Lipinski definition) is 0. The van der Waals surface area contributed by atoms with Crippen LogP contribution in [0.3, 0.4) is 0 Å². The molecule has 0 unspecified atom stereocenters. The van der Waals surface area contributed by atoms with Crippen molar-refractivity contribution >= 4 is 0 Å². The number of rotatable bonds is 3. The van der Waals surface area contributed by atoms with Crippen LogP contribution in [0.1, 0.15) is 51.5 Å². The smallest absolute Gasteiger partial charge is 0.0276 e. The molecule has 1 aromatic carbocycles. The van der Waals surface area contributed by atoms with Gasteiger partial charge in [0.25, 0.3) is 0 Å². The summed E-state index contributed by atoms with van der Waals surface area (Å²) in [5, 5.41) is 0. The second kappa shape index (κ2) is 6.66. The lowest BCUT2D eigenvalue weighted by Gasteiger charge is -2.21. The average molecular weight is 204 g/mol. The van der Waals surface area contributed by atoms with Crippen molar-refractivity contribution in [1.29, 1.82) is 0 Å². The molecule has 0 N–H and O–H groups in total. The normalized spacial score (nSPS) is 17.1. The maximum absolute atomic E-state index is 2.25. The summed E-state index contributed by atoms with van der Waals surface area (Å²) in [4.78, 5) is 0.